The third-order valence-corrected chi connectivity index (χ3v) is 22.3. The van der Waals surface area contributed by atoms with Gasteiger partial charge in [-0.25, -0.2) is 0 Å². The van der Waals surface area contributed by atoms with Crippen LogP contribution in [0.2, 0.25) is 0 Å². The highest BCUT2D eigenvalue weighted by molar-refractivity contribution is 7.00. The molecule has 2 atom stereocenters. The summed E-state index contributed by atoms with van der Waals surface area (Å²) >= 11 is 0. The Morgan fingerprint density at radius 3 is 1.77 bits per heavy atom. The molecule has 82 heavy (non-hydrogen) atoms. The van der Waals surface area contributed by atoms with E-state index in [0.29, 0.717) is 0 Å². The molecule has 15 rings (SSSR count). The number of rotatable bonds is 4. The number of para-hydroxylation sites is 2. The number of fused-ring (bicyclic) bond motifs is 12. The predicted octanol–water partition coefficient (Wildman–Crippen LogP) is 19.4. The van der Waals surface area contributed by atoms with Gasteiger partial charge < -0.3 is 19.1 Å². The number of nitrogens with zero attached hydrogens (tertiary/aromatic N) is 3. The van der Waals surface area contributed by atoms with Crippen LogP contribution in [0.5, 0.6) is 0 Å². The summed E-state index contributed by atoms with van der Waals surface area (Å²) in [5, 5.41) is 2.28. The minimum absolute atomic E-state index is 0.0217. The van der Waals surface area contributed by atoms with Crippen molar-refractivity contribution in [2.45, 2.75) is 186 Å². The van der Waals surface area contributed by atoms with Crippen LogP contribution in [-0.2, 0) is 32.5 Å². The molecule has 0 N–H and O–H groups in total. The molecule has 1 saturated carbocycles. The van der Waals surface area contributed by atoms with Crippen LogP contribution in [0.3, 0.4) is 0 Å². The Morgan fingerprint density at radius 2 is 1.05 bits per heavy atom. The Hall–Kier alpha value is -6.98. The molecule has 0 amide bonds. The molecule has 0 bridgehead atoms. The fourth-order valence-corrected chi connectivity index (χ4v) is 17.0. The summed E-state index contributed by atoms with van der Waals surface area (Å²) in [5.41, 5.74) is 28.6. The molecule has 4 nitrogen and oxygen atoms in total. The molecule has 5 heteroatoms. The van der Waals surface area contributed by atoms with E-state index in [1.165, 1.54) is 132 Å². The average molecular weight is 1080 g/mol. The quantitative estimate of drug-likeness (QED) is 0.164. The van der Waals surface area contributed by atoms with Crippen molar-refractivity contribution in [1.29, 1.82) is 0 Å². The van der Waals surface area contributed by atoms with Crippen molar-refractivity contribution in [1.82, 2.24) is 0 Å². The lowest BCUT2D eigenvalue weighted by Crippen LogP contribution is -2.62. The minimum Gasteiger partial charge on any atom is -0.454 e. The van der Waals surface area contributed by atoms with Crippen molar-refractivity contribution in [2.75, 3.05) is 14.7 Å². The van der Waals surface area contributed by atoms with E-state index >= 15 is 0 Å². The van der Waals surface area contributed by atoms with E-state index in [1.807, 2.05) is 0 Å². The Bertz CT molecular complexity index is 4180. The summed E-state index contributed by atoms with van der Waals surface area (Å²) in [6.45, 7) is 34.2. The lowest BCUT2D eigenvalue weighted by Gasteiger charge is -2.51. The fraction of sp³-hybridized carbons (Fsp3) is 0.377. The van der Waals surface area contributed by atoms with Crippen LogP contribution in [0, 0.1) is 6.92 Å². The zero-order valence-corrected chi connectivity index (χ0v) is 51.3. The highest BCUT2D eigenvalue weighted by Crippen LogP contribution is 2.62. The Kier molecular flexibility index (Phi) is 10.8. The van der Waals surface area contributed by atoms with E-state index in [2.05, 4.69) is 257 Å². The zero-order chi connectivity index (χ0) is 57.0. The molecule has 0 radical (unpaired) electrons. The molecule has 3 aliphatic carbocycles. The van der Waals surface area contributed by atoms with Gasteiger partial charge in [-0.2, -0.15) is 0 Å². The highest BCUT2D eigenvalue weighted by Gasteiger charge is 2.58. The number of benzene rings is 8. The van der Waals surface area contributed by atoms with Crippen molar-refractivity contribution in [3.8, 4) is 11.1 Å². The summed E-state index contributed by atoms with van der Waals surface area (Å²) < 4.78 is 7.12. The number of hydrogen-bond donors (Lipinski definition) is 0. The van der Waals surface area contributed by atoms with E-state index in [0.717, 1.165) is 53.3 Å². The molecule has 1 aromatic heterocycles. The number of hydrogen-bond acceptors (Lipinski definition) is 4. The van der Waals surface area contributed by atoms with E-state index in [9.17, 15) is 0 Å². The molecule has 0 spiro atoms. The third-order valence-electron chi connectivity index (χ3n) is 22.3. The van der Waals surface area contributed by atoms with Gasteiger partial charge in [-0.3, -0.25) is 0 Å². The molecule has 9 aromatic rings. The van der Waals surface area contributed by atoms with Gasteiger partial charge in [-0.1, -0.05) is 175 Å². The van der Waals surface area contributed by atoms with Crippen LogP contribution in [0.4, 0.5) is 45.5 Å². The second-order valence-corrected chi connectivity index (χ2v) is 30.2. The average Bonchev–Trinajstić information content (AvgIpc) is 2.52. The van der Waals surface area contributed by atoms with Gasteiger partial charge in [-0.05, 0) is 213 Å². The predicted molar refractivity (Wildman–Crippen MR) is 350 cm³/mol. The molecule has 4 heterocycles. The molecule has 414 valence electrons. The van der Waals surface area contributed by atoms with Crippen LogP contribution in [0.15, 0.2) is 150 Å². The first-order valence-electron chi connectivity index (χ1n) is 31.1. The van der Waals surface area contributed by atoms with Gasteiger partial charge in [0.05, 0.1) is 11.2 Å². The third kappa shape index (κ3) is 7.22. The number of furan rings is 1. The van der Waals surface area contributed by atoms with Gasteiger partial charge in [0.15, 0.2) is 5.58 Å². The summed E-state index contributed by atoms with van der Waals surface area (Å²) in [5.74, 6) is 0. The number of anilines is 8. The van der Waals surface area contributed by atoms with Crippen molar-refractivity contribution >= 4 is 90.5 Å². The van der Waals surface area contributed by atoms with Gasteiger partial charge in [0.25, 0.3) is 6.71 Å². The fourth-order valence-electron chi connectivity index (χ4n) is 17.0. The largest absolute Gasteiger partial charge is 0.454 e. The molecular formula is C77H82BN3O. The van der Waals surface area contributed by atoms with Crippen molar-refractivity contribution in [2.24, 2.45) is 0 Å². The van der Waals surface area contributed by atoms with Crippen LogP contribution in [0.25, 0.3) is 33.1 Å². The van der Waals surface area contributed by atoms with Gasteiger partial charge >= 0.3 is 0 Å². The lowest BCUT2D eigenvalue weighted by atomic mass is 9.33. The Morgan fingerprint density at radius 1 is 0.439 bits per heavy atom. The summed E-state index contributed by atoms with van der Waals surface area (Å²) in [7, 11) is 0. The molecule has 1 fully saturated rings. The summed E-state index contributed by atoms with van der Waals surface area (Å²) in [4.78, 5) is 8.12. The molecule has 3 aliphatic heterocycles. The van der Waals surface area contributed by atoms with Crippen LogP contribution in [-0.4, -0.2) is 12.3 Å². The van der Waals surface area contributed by atoms with Gasteiger partial charge in [0.1, 0.15) is 5.58 Å². The first kappa shape index (κ1) is 51.9. The van der Waals surface area contributed by atoms with E-state index in [1.54, 1.807) is 0 Å². The summed E-state index contributed by atoms with van der Waals surface area (Å²) in [6, 6.07) is 57.8. The topological polar surface area (TPSA) is 22.9 Å². The van der Waals surface area contributed by atoms with Gasteiger partial charge in [-0.15, -0.1) is 0 Å². The monoisotopic (exact) mass is 1080 g/mol. The maximum absolute atomic E-state index is 7.12. The van der Waals surface area contributed by atoms with Crippen molar-refractivity contribution in [3.63, 3.8) is 0 Å². The SMILES string of the molecule is Cc1cc2c3c(c1)N(c1cccc4c1oc1ccccc14)c1cc(N4c5ccc(-c6ccc(C(C)(C)C)cc6)cc5C5(C)CCCCC45C)ccc1B3c1cc3c(cc1N2c1ccc2c(c1)C(C)(C)CCC2(C)C)C(C)(C)CCC3(C)C. The van der Waals surface area contributed by atoms with E-state index in [-0.39, 0.29) is 44.7 Å². The van der Waals surface area contributed by atoms with Gasteiger partial charge in [0, 0.05) is 56.0 Å². The van der Waals surface area contributed by atoms with Crippen LogP contribution in [0.1, 0.15) is 180 Å². The Labute approximate surface area is 489 Å². The normalized spacial score (nSPS) is 22.3. The van der Waals surface area contributed by atoms with Crippen molar-refractivity contribution in [3.05, 3.63) is 185 Å². The second-order valence-electron chi connectivity index (χ2n) is 30.2. The smallest absolute Gasteiger partial charge is 0.252 e. The zero-order valence-electron chi connectivity index (χ0n) is 51.3. The molecular weight excluding hydrogens is 994 g/mol. The second kappa shape index (κ2) is 17.1. The van der Waals surface area contributed by atoms with E-state index in [4.69, 9.17) is 4.42 Å². The van der Waals surface area contributed by atoms with Crippen molar-refractivity contribution < 1.29 is 4.42 Å². The molecule has 0 saturated heterocycles. The van der Waals surface area contributed by atoms with Crippen LogP contribution < -0.4 is 31.1 Å². The molecule has 8 aromatic carbocycles. The van der Waals surface area contributed by atoms with E-state index < -0.39 is 0 Å². The maximum atomic E-state index is 7.12. The summed E-state index contributed by atoms with van der Waals surface area (Å²) in [6.07, 6.45) is 9.41. The molecule has 6 aliphatic rings. The highest BCUT2D eigenvalue weighted by atomic mass is 16.3. The minimum atomic E-state index is -0.148. The standard InChI is InChI=1S/C77H82BN3O/c1-47-40-66-69-67(41-47)80(63-22-19-21-54-53-20-15-16-23-68(53)82-70(54)63)64-44-52(81-62-33-26-49(48-24-27-50(28-25-48)71(2,3)4)42-59(62)76(13)34-17-18-35-77(76,81)14)30-32-60(64)78(69)61-45-57-58(75(11,12)39-38-74(57,9)10)46-65(61)79(66)51-29-31-55-56(43-51)73(7,8)37-36-72(55,5)6/h15-16,19-33,40-46H,17-18,34-39H2,1-14H3. The number of aryl methyl sites for hydroxylation is 1. The first-order valence-corrected chi connectivity index (χ1v) is 31.1. The lowest BCUT2D eigenvalue weighted by molar-refractivity contribution is 0.195. The molecule has 2 unspecified atom stereocenters. The maximum Gasteiger partial charge on any atom is 0.252 e. The van der Waals surface area contributed by atoms with Gasteiger partial charge in [0.2, 0.25) is 0 Å². The Balaban J connectivity index is 1.00. The first-order chi connectivity index (χ1) is 38.9. The van der Waals surface area contributed by atoms with Crippen LogP contribution >= 0.6 is 0 Å².